The van der Waals surface area contributed by atoms with Gasteiger partial charge >= 0.3 is 0 Å². The van der Waals surface area contributed by atoms with Gasteiger partial charge in [-0.3, -0.25) is 14.4 Å². The molecule has 6 heteroatoms. The summed E-state index contributed by atoms with van der Waals surface area (Å²) in [5.41, 5.74) is 2.63. The van der Waals surface area contributed by atoms with Crippen molar-refractivity contribution in [3.05, 3.63) is 52.3 Å². The smallest absolute Gasteiger partial charge is 0.222 e. The van der Waals surface area contributed by atoms with Gasteiger partial charge in [-0.05, 0) is 34.8 Å². The van der Waals surface area contributed by atoms with Crippen LogP contribution in [-0.2, 0) is 17.9 Å². The molecule has 1 N–H and O–H groups in total. The SMILES string of the molecule is Cc1cccc(CN2CCC(NC(=O)CCn3cc(Br)cn3)C2)c1. The number of amides is 1. The van der Waals surface area contributed by atoms with Crippen molar-refractivity contribution in [1.82, 2.24) is 20.0 Å². The molecule has 1 aliphatic rings. The first-order valence-electron chi connectivity index (χ1n) is 8.34. The third-order valence-electron chi connectivity index (χ3n) is 4.30. The maximum absolute atomic E-state index is 12.1. The molecule has 2 heterocycles. The first kappa shape index (κ1) is 17.2. The van der Waals surface area contributed by atoms with Crippen LogP contribution in [0.4, 0.5) is 0 Å². The summed E-state index contributed by atoms with van der Waals surface area (Å²) in [6.07, 6.45) is 5.10. The molecule has 0 spiro atoms. The normalized spacial score (nSPS) is 18.0. The maximum Gasteiger partial charge on any atom is 0.222 e. The van der Waals surface area contributed by atoms with Crippen LogP contribution in [0.2, 0.25) is 0 Å². The van der Waals surface area contributed by atoms with Crippen LogP contribution in [0.25, 0.3) is 0 Å². The molecular weight excluding hydrogens is 368 g/mol. The van der Waals surface area contributed by atoms with E-state index in [0.717, 1.165) is 30.5 Å². The summed E-state index contributed by atoms with van der Waals surface area (Å²) in [5, 5.41) is 7.32. The zero-order chi connectivity index (χ0) is 16.9. The molecule has 24 heavy (non-hydrogen) atoms. The van der Waals surface area contributed by atoms with Crippen molar-refractivity contribution in [2.45, 2.75) is 38.9 Å². The number of hydrogen-bond acceptors (Lipinski definition) is 3. The van der Waals surface area contributed by atoms with E-state index in [-0.39, 0.29) is 11.9 Å². The summed E-state index contributed by atoms with van der Waals surface area (Å²) in [4.78, 5) is 14.5. The molecule has 3 rings (SSSR count). The van der Waals surface area contributed by atoms with Gasteiger partial charge in [-0.25, -0.2) is 0 Å². The van der Waals surface area contributed by atoms with Crippen LogP contribution in [0.15, 0.2) is 41.1 Å². The van der Waals surface area contributed by atoms with Crippen LogP contribution < -0.4 is 5.32 Å². The third-order valence-corrected chi connectivity index (χ3v) is 4.71. The molecule has 1 aromatic carbocycles. The fraction of sp³-hybridized carbons (Fsp3) is 0.444. The van der Waals surface area contributed by atoms with Gasteiger partial charge < -0.3 is 5.32 Å². The Kier molecular flexibility index (Phi) is 5.68. The number of rotatable bonds is 6. The highest BCUT2D eigenvalue weighted by Crippen LogP contribution is 2.14. The largest absolute Gasteiger partial charge is 0.352 e. The highest BCUT2D eigenvalue weighted by molar-refractivity contribution is 9.10. The Bertz CT molecular complexity index is 700. The minimum Gasteiger partial charge on any atom is -0.352 e. The second kappa shape index (κ2) is 7.94. The van der Waals surface area contributed by atoms with Crippen molar-refractivity contribution in [2.75, 3.05) is 13.1 Å². The molecule has 0 saturated carbocycles. The Labute approximate surface area is 151 Å². The lowest BCUT2D eigenvalue weighted by molar-refractivity contribution is -0.122. The number of halogens is 1. The van der Waals surface area contributed by atoms with Gasteiger partial charge in [0.05, 0.1) is 10.7 Å². The number of carbonyl (C=O) groups excluding carboxylic acids is 1. The quantitative estimate of drug-likeness (QED) is 0.824. The van der Waals surface area contributed by atoms with Gasteiger partial charge in [0.2, 0.25) is 5.91 Å². The number of carbonyl (C=O) groups is 1. The average Bonchev–Trinajstić information content (AvgIpc) is 3.14. The highest BCUT2D eigenvalue weighted by Gasteiger charge is 2.23. The van der Waals surface area contributed by atoms with E-state index in [4.69, 9.17) is 0 Å². The number of hydrogen-bond donors (Lipinski definition) is 1. The summed E-state index contributed by atoms with van der Waals surface area (Å²) in [6, 6.07) is 8.88. The van der Waals surface area contributed by atoms with Crippen LogP contribution in [0, 0.1) is 6.92 Å². The molecule has 0 radical (unpaired) electrons. The van der Waals surface area contributed by atoms with Gasteiger partial charge in [0.1, 0.15) is 0 Å². The van der Waals surface area contributed by atoms with Gasteiger partial charge in [-0.2, -0.15) is 5.10 Å². The van der Waals surface area contributed by atoms with Crippen LogP contribution in [0.5, 0.6) is 0 Å². The van der Waals surface area contributed by atoms with E-state index in [1.807, 2.05) is 6.20 Å². The summed E-state index contributed by atoms with van der Waals surface area (Å²) in [6.45, 7) is 5.64. The van der Waals surface area contributed by atoms with Crippen molar-refractivity contribution >= 4 is 21.8 Å². The van der Waals surface area contributed by atoms with Crippen LogP contribution in [-0.4, -0.2) is 39.7 Å². The lowest BCUT2D eigenvalue weighted by Crippen LogP contribution is -2.37. The number of nitrogens with zero attached hydrogens (tertiary/aromatic N) is 3. The Balaban J connectivity index is 1.41. The first-order valence-corrected chi connectivity index (χ1v) is 9.13. The topological polar surface area (TPSA) is 50.2 Å². The van der Waals surface area contributed by atoms with Crippen LogP contribution in [0.1, 0.15) is 24.0 Å². The lowest BCUT2D eigenvalue weighted by Gasteiger charge is -2.17. The molecule has 1 aromatic heterocycles. The van der Waals surface area contributed by atoms with Crippen molar-refractivity contribution < 1.29 is 4.79 Å². The van der Waals surface area contributed by atoms with Gasteiger partial charge in [-0.15, -0.1) is 0 Å². The van der Waals surface area contributed by atoms with Crippen molar-refractivity contribution in [3.63, 3.8) is 0 Å². The molecule has 1 saturated heterocycles. The van der Waals surface area contributed by atoms with Crippen molar-refractivity contribution in [2.24, 2.45) is 0 Å². The zero-order valence-corrected chi connectivity index (χ0v) is 15.5. The molecular formula is C18H23BrN4O. The summed E-state index contributed by atoms with van der Waals surface area (Å²) < 4.78 is 2.72. The van der Waals surface area contributed by atoms with Crippen LogP contribution in [0.3, 0.4) is 0 Å². The predicted octanol–water partition coefficient (Wildman–Crippen LogP) is 2.73. The van der Waals surface area contributed by atoms with E-state index in [1.54, 1.807) is 10.9 Å². The van der Waals surface area contributed by atoms with E-state index in [2.05, 4.69) is 62.4 Å². The van der Waals surface area contributed by atoms with Gasteiger partial charge in [0.25, 0.3) is 0 Å². The second-order valence-electron chi connectivity index (χ2n) is 6.45. The average molecular weight is 391 g/mol. The molecule has 1 unspecified atom stereocenters. The number of nitrogens with one attached hydrogen (secondary N) is 1. The second-order valence-corrected chi connectivity index (χ2v) is 7.36. The summed E-state index contributed by atoms with van der Waals surface area (Å²) >= 11 is 3.36. The third kappa shape index (κ3) is 4.92. The van der Waals surface area contributed by atoms with E-state index in [9.17, 15) is 4.79 Å². The Morgan fingerprint density at radius 3 is 3.08 bits per heavy atom. The van der Waals surface area contributed by atoms with E-state index in [0.29, 0.717) is 13.0 Å². The van der Waals surface area contributed by atoms with Crippen molar-refractivity contribution in [3.8, 4) is 0 Å². The molecule has 1 aliphatic heterocycles. The molecule has 2 aromatic rings. The maximum atomic E-state index is 12.1. The minimum absolute atomic E-state index is 0.101. The highest BCUT2D eigenvalue weighted by atomic mass is 79.9. The molecule has 5 nitrogen and oxygen atoms in total. The molecule has 1 fully saturated rings. The Morgan fingerprint density at radius 2 is 2.33 bits per heavy atom. The molecule has 128 valence electrons. The van der Waals surface area contributed by atoms with Crippen LogP contribution >= 0.6 is 15.9 Å². The van der Waals surface area contributed by atoms with Crippen molar-refractivity contribution in [1.29, 1.82) is 0 Å². The molecule has 0 aliphatic carbocycles. The van der Waals surface area contributed by atoms with Gasteiger partial charge in [-0.1, -0.05) is 29.8 Å². The number of likely N-dealkylation sites (tertiary alicyclic amines) is 1. The van der Waals surface area contributed by atoms with Gasteiger partial charge in [0.15, 0.2) is 0 Å². The fourth-order valence-corrected chi connectivity index (χ4v) is 3.47. The number of benzene rings is 1. The first-order chi connectivity index (χ1) is 11.6. The molecule has 1 atom stereocenters. The van der Waals surface area contributed by atoms with E-state index < -0.39 is 0 Å². The standard InChI is InChI=1S/C18H23BrN4O/c1-14-3-2-4-15(9-14)11-22-7-5-17(13-22)21-18(24)6-8-23-12-16(19)10-20-23/h2-4,9-10,12,17H,5-8,11,13H2,1H3,(H,21,24). The summed E-state index contributed by atoms with van der Waals surface area (Å²) in [7, 11) is 0. The minimum atomic E-state index is 0.101. The molecule has 0 bridgehead atoms. The van der Waals surface area contributed by atoms with Gasteiger partial charge in [0, 0.05) is 44.8 Å². The fourth-order valence-electron chi connectivity index (χ4n) is 3.14. The monoisotopic (exact) mass is 390 g/mol. The Hall–Kier alpha value is -1.66. The lowest BCUT2D eigenvalue weighted by atomic mass is 10.1. The number of aryl methyl sites for hydroxylation is 2. The summed E-state index contributed by atoms with van der Waals surface area (Å²) in [5.74, 6) is 0.101. The Morgan fingerprint density at radius 1 is 1.46 bits per heavy atom. The van der Waals surface area contributed by atoms with E-state index >= 15 is 0 Å². The van der Waals surface area contributed by atoms with E-state index in [1.165, 1.54) is 11.1 Å². The number of aromatic nitrogens is 2. The molecule has 1 amide bonds. The predicted molar refractivity (Wildman–Crippen MR) is 97.5 cm³/mol. The zero-order valence-electron chi connectivity index (χ0n) is 13.9.